The number of hydrogen-bond donors (Lipinski definition) is 1. The molecule has 1 aromatic heterocycles. The fourth-order valence-electron chi connectivity index (χ4n) is 3.94. The maximum absolute atomic E-state index is 13.2. The molecule has 2 aromatic carbocycles. The van der Waals surface area contributed by atoms with Crippen molar-refractivity contribution in [3.8, 4) is 11.5 Å². The zero-order valence-corrected chi connectivity index (χ0v) is 18.4. The lowest BCUT2D eigenvalue weighted by atomic mass is 9.88. The Balaban J connectivity index is 1.81. The van der Waals surface area contributed by atoms with Crippen LogP contribution < -0.4 is 10.3 Å². The van der Waals surface area contributed by atoms with Crippen LogP contribution in [-0.2, 0) is 0 Å². The van der Waals surface area contributed by atoms with E-state index in [9.17, 15) is 9.90 Å². The van der Waals surface area contributed by atoms with Crippen LogP contribution in [-0.4, -0.2) is 27.6 Å². The van der Waals surface area contributed by atoms with Gasteiger partial charge in [0.15, 0.2) is 11.5 Å². The molecular formula is C23H24BrN3O3. The van der Waals surface area contributed by atoms with Crippen molar-refractivity contribution in [2.75, 3.05) is 6.61 Å². The van der Waals surface area contributed by atoms with Crippen LogP contribution in [0, 0.1) is 0 Å². The molecule has 0 amide bonds. The average Bonchev–Trinajstić information content (AvgIpc) is 2.77. The van der Waals surface area contributed by atoms with E-state index in [1.54, 1.807) is 24.4 Å². The fraction of sp³-hybridized carbons (Fsp3) is 0.348. The molecular weight excluding hydrogens is 446 g/mol. The van der Waals surface area contributed by atoms with Gasteiger partial charge in [-0.2, -0.15) is 9.78 Å². The number of hydrogen-bond acceptors (Lipinski definition) is 5. The van der Waals surface area contributed by atoms with E-state index in [-0.39, 0.29) is 17.2 Å². The van der Waals surface area contributed by atoms with Gasteiger partial charge in [0.25, 0.3) is 5.56 Å². The summed E-state index contributed by atoms with van der Waals surface area (Å²) in [4.78, 5) is 18.1. The summed E-state index contributed by atoms with van der Waals surface area (Å²) in [5.74, 6) is 1.35. The minimum Gasteiger partial charge on any atom is -0.503 e. The molecule has 156 valence electrons. The first-order valence-electron chi connectivity index (χ1n) is 10.3. The van der Waals surface area contributed by atoms with Crippen molar-refractivity contribution in [1.82, 2.24) is 9.66 Å². The van der Waals surface area contributed by atoms with E-state index < -0.39 is 0 Å². The van der Waals surface area contributed by atoms with Crippen LogP contribution in [0.2, 0.25) is 0 Å². The number of nitrogens with zero attached hydrogens (tertiary/aromatic N) is 3. The minimum atomic E-state index is -0.166. The van der Waals surface area contributed by atoms with Crippen molar-refractivity contribution in [2.24, 2.45) is 5.10 Å². The molecule has 1 fully saturated rings. The van der Waals surface area contributed by atoms with Gasteiger partial charge < -0.3 is 9.84 Å². The normalized spacial score (nSPS) is 15.1. The molecule has 1 N–H and O–H groups in total. The first-order valence-corrected chi connectivity index (χ1v) is 11.1. The molecule has 0 spiro atoms. The number of benzene rings is 2. The van der Waals surface area contributed by atoms with Crippen molar-refractivity contribution < 1.29 is 9.84 Å². The first-order chi connectivity index (χ1) is 14.6. The van der Waals surface area contributed by atoms with E-state index in [2.05, 4.69) is 21.0 Å². The molecule has 0 radical (unpaired) electrons. The zero-order chi connectivity index (χ0) is 21.1. The van der Waals surface area contributed by atoms with Gasteiger partial charge in [-0.25, -0.2) is 4.98 Å². The van der Waals surface area contributed by atoms with Gasteiger partial charge in [0.1, 0.15) is 5.82 Å². The molecule has 1 aliphatic rings. The molecule has 0 aliphatic heterocycles. The first kappa shape index (κ1) is 20.6. The Morgan fingerprint density at radius 1 is 1.27 bits per heavy atom. The second kappa shape index (κ2) is 9.00. The Kier molecular flexibility index (Phi) is 6.18. The molecule has 0 atom stereocenters. The molecule has 1 aliphatic carbocycles. The molecule has 30 heavy (non-hydrogen) atoms. The molecule has 6 nitrogen and oxygen atoms in total. The molecule has 0 unspecified atom stereocenters. The number of rotatable bonds is 5. The van der Waals surface area contributed by atoms with Crippen LogP contribution >= 0.6 is 15.9 Å². The van der Waals surface area contributed by atoms with Crippen LogP contribution in [0.25, 0.3) is 10.9 Å². The van der Waals surface area contributed by atoms with Crippen molar-refractivity contribution in [2.45, 2.75) is 44.9 Å². The van der Waals surface area contributed by atoms with E-state index >= 15 is 0 Å². The summed E-state index contributed by atoms with van der Waals surface area (Å²) in [6, 6.07) is 10.8. The largest absolute Gasteiger partial charge is 0.503 e. The Morgan fingerprint density at radius 3 is 2.80 bits per heavy atom. The number of aromatic nitrogens is 2. The molecule has 4 rings (SSSR count). The highest BCUT2D eigenvalue weighted by atomic mass is 79.9. The summed E-state index contributed by atoms with van der Waals surface area (Å²) in [5.41, 5.74) is 1.25. The van der Waals surface area contributed by atoms with Gasteiger partial charge in [-0.3, -0.25) is 4.79 Å². The Labute approximate surface area is 183 Å². The van der Waals surface area contributed by atoms with Gasteiger partial charge in [-0.05, 0) is 65.5 Å². The Bertz CT molecular complexity index is 1150. The second-order valence-electron chi connectivity index (χ2n) is 7.47. The third-order valence-electron chi connectivity index (χ3n) is 5.42. The van der Waals surface area contributed by atoms with E-state index in [0.717, 1.165) is 31.5 Å². The summed E-state index contributed by atoms with van der Waals surface area (Å²) < 4.78 is 7.44. The van der Waals surface area contributed by atoms with Gasteiger partial charge in [0, 0.05) is 5.92 Å². The highest BCUT2D eigenvalue weighted by Gasteiger charge is 2.22. The summed E-state index contributed by atoms with van der Waals surface area (Å²) in [7, 11) is 0. The summed E-state index contributed by atoms with van der Waals surface area (Å²) in [5, 5.41) is 15.2. The smallest absolute Gasteiger partial charge is 0.282 e. The van der Waals surface area contributed by atoms with Crippen molar-refractivity contribution in [3.63, 3.8) is 0 Å². The number of phenols is 1. The lowest BCUT2D eigenvalue weighted by Gasteiger charge is -2.22. The van der Waals surface area contributed by atoms with Crippen molar-refractivity contribution in [1.29, 1.82) is 0 Å². The molecule has 1 saturated carbocycles. The lowest BCUT2D eigenvalue weighted by molar-refractivity contribution is 0.317. The zero-order valence-electron chi connectivity index (χ0n) is 16.8. The van der Waals surface area contributed by atoms with Gasteiger partial charge in [-0.1, -0.05) is 31.4 Å². The standard InChI is InChI=1S/C23H24BrN3O3/c1-2-30-20-13-15(12-18(24)21(20)28)14-25-27-22(16-8-4-3-5-9-16)26-19-11-7-6-10-17(19)23(27)29/h6-7,10-14,16,28H,2-5,8-9H2,1H3. The maximum Gasteiger partial charge on any atom is 0.282 e. The lowest BCUT2D eigenvalue weighted by Crippen LogP contribution is -2.25. The third kappa shape index (κ3) is 4.12. The number of halogens is 1. The number of phenolic OH excluding ortho intramolecular Hbond substituents is 1. The second-order valence-corrected chi connectivity index (χ2v) is 8.32. The molecule has 0 bridgehead atoms. The average molecular weight is 470 g/mol. The van der Waals surface area contributed by atoms with E-state index in [1.807, 2.05) is 25.1 Å². The maximum atomic E-state index is 13.2. The monoisotopic (exact) mass is 469 g/mol. The van der Waals surface area contributed by atoms with E-state index in [1.165, 1.54) is 11.1 Å². The van der Waals surface area contributed by atoms with Crippen LogP contribution in [0.1, 0.15) is 56.3 Å². The fourth-order valence-corrected chi connectivity index (χ4v) is 4.40. The SMILES string of the molecule is CCOc1cc(C=Nn2c(C3CCCCC3)nc3ccccc3c2=O)cc(Br)c1O. The number of ether oxygens (including phenoxy) is 1. The summed E-state index contributed by atoms with van der Waals surface area (Å²) in [6.07, 6.45) is 7.13. The Hall–Kier alpha value is -2.67. The van der Waals surface area contributed by atoms with E-state index in [4.69, 9.17) is 9.72 Å². The number of aromatic hydroxyl groups is 1. The van der Waals surface area contributed by atoms with Gasteiger partial charge >= 0.3 is 0 Å². The summed E-state index contributed by atoms with van der Waals surface area (Å²) in [6.45, 7) is 2.28. The topological polar surface area (TPSA) is 76.7 Å². The highest BCUT2D eigenvalue weighted by molar-refractivity contribution is 9.10. The predicted octanol–water partition coefficient (Wildman–Crippen LogP) is 5.19. The van der Waals surface area contributed by atoms with Gasteiger partial charge in [0.05, 0.1) is 28.2 Å². The van der Waals surface area contributed by atoms with Crippen molar-refractivity contribution >= 4 is 33.0 Å². The van der Waals surface area contributed by atoms with Gasteiger partial charge in [0.2, 0.25) is 0 Å². The number of fused-ring (bicyclic) bond motifs is 1. The van der Waals surface area contributed by atoms with E-state index in [0.29, 0.717) is 33.3 Å². The molecule has 3 aromatic rings. The van der Waals surface area contributed by atoms with Crippen LogP contribution in [0.15, 0.2) is 50.8 Å². The minimum absolute atomic E-state index is 0.0430. The Morgan fingerprint density at radius 2 is 2.03 bits per heavy atom. The van der Waals surface area contributed by atoms with Gasteiger partial charge in [-0.15, -0.1) is 0 Å². The molecule has 0 saturated heterocycles. The molecule has 7 heteroatoms. The van der Waals surface area contributed by atoms with Crippen LogP contribution in [0.4, 0.5) is 0 Å². The predicted molar refractivity (Wildman–Crippen MR) is 122 cm³/mol. The molecule has 1 heterocycles. The summed E-state index contributed by atoms with van der Waals surface area (Å²) >= 11 is 3.34. The quantitative estimate of drug-likeness (QED) is 0.521. The van der Waals surface area contributed by atoms with Crippen LogP contribution in [0.3, 0.4) is 0 Å². The third-order valence-corrected chi connectivity index (χ3v) is 6.03. The number of para-hydroxylation sites is 1. The van der Waals surface area contributed by atoms with Crippen LogP contribution in [0.5, 0.6) is 11.5 Å². The van der Waals surface area contributed by atoms with Crippen molar-refractivity contribution in [3.05, 3.63) is 62.6 Å². The highest BCUT2D eigenvalue weighted by Crippen LogP contribution is 2.35.